The molecule has 0 aromatic heterocycles. The minimum atomic E-state index is -0.420. The highest BCUT2D eigenvalue weighted by molar-refractivity contribution is 4.73. The van der Waals surface area contributed by atoms with Gasteiger partial charge in [0, 0.05) is 13.2 Å². The van der Waals surface area contributed by atoms with Gasteiger partial charge in [-0.1, -0.05) is 0 Å². The molecule has 12 heavy (non-hydrogen) atoms. The predicted octanol–water partition coefficient (Wildman–Crippen LogP) is -0.647. The van der Waals surface area contributed by atoms with Gasteiger partial charge in [0.1, 0.15) is 0 Å². The minimum Gasteiger partial charge on any atom is -0.395 e. The number of aliphatic hydroxyl groups excluding tert-OH is 2. The summed E-state index contributed by atoms with van der Waals surface area (Å²) in [5, 5.41) is 21.1. The largest absolute Gasteiger partial charge is 0.395 e. The first-order valence-corrected chi connectivity index (χ1v) is 4.15. The topological polar surface area (TPSA) is 61.7 Å². The van der Waals surface area contributed by atoms with E-state index in [4.69, 9.17) is 14.9 Å². The summed E-state index contributed by atoms with van der Waals surface area (Å²) in [7, 11) is 1.58. The predicted molar refractivity (Wildman–Crippen MR) is 47.0 cm³/mol. The van der Waals surface area contributed by atoms with Crippen molar-refractivity contribution in [2.45, 2.75) is 32.0 Å². The van der Waals surface area contributed by atoms with Crippen LogP contribution >= 0.6 is 0 Å². The van der Waals surface area contributed by atoms with Gasteiger partial charge in [0.25, 0.3) is 0 Å². The molecule has 4 nitrogen and oxygen atoms in total. The van der Waals surface area contributed by atoms with Crippen LogP contribution in [0.3, 0.4) is 0 Å². The Balaban J connectivity index is 3.68. The number of rotatable bonds is 6. The average molecular weight is 177 g/mol. The average Bonchev–Trinajstić information content (AvgIpc) is 2.03. The number of methoxy groups -OCH3 is 1. The van der Waals surface area contributed by atoms with E-state index >= 15 is 0 Å². The Hall–Kier alpha value is -0.160. The summed E-state index contributed by atoms with van der Waals surface area (Å²) in [4.78, 5) is 0. The van der Waals surface area contributed by atoms with Crippen molar-refractivity contribution >= 4 is 0 Å². The highest BCUT2D eigenvalue weighted by atomic mass is 16.5. The molecule has 0 aliphatic carbocycles. The van der Waals surface area contributed by atoms with E-state index in [1.165, 1.54) is 0 Å². The third-order valence-electron chi connectivity index (χ3n) is 1.81. The van der Waals surface area contributed by atoms with Gasteiger partial charge in [0.05, 0.1) is 25.4 Å². The van der Waals surface area contributed by atoms with Crippen LogP contribution < -0.4 is 5.32 Å². The fourth-order valence-electron chi connectivity index (χ4n) is 0.866. The Kier molecular flexibility index (Phi) is 6.28. The number of ether oxygens (including phenoxy) is 1. The van der Waals surface area contributed by atoms with Gasteiger partial charge < -0.3 is 20.3 Å². The lowest BCUT2D eigenvalue weighted by Crippen LogP contribution is -2.46. The molecule has 0 radical (unpaired) electrons. The van der Waals surface area contributed by atoms with Crippen molar-refractivity contribution in [3.05, 3.63) is 0 Å². The molecule has 0 fully saturated rings. The summed E-state index contributed by atoms with van der Waals surface area (Å²) in [5.41, 5.74) is 0. The smallest absolute Gasteiger partial charge is 0.0662 e. The molecule has 0 spiro atoms. The second-order valence-electron chi connectivity index (χ2n) is 3.03. The molecule has 0 aliphatic rings. The molecule has 3 atom stereocenters. The lowest BCUT2D eigenvalue weighted by atomic mass is 10.2. The maximum Gasteiger partial charge on any atom is 0.0662 e. The van der Waals surface area contributed by atoms with E-state index in [1.54, 1.807) is 14.0 Å². The molecule has 0 aliphatic heterocycles. The zero-order valence-corrected chi connectivity index (χ0v) is 7.95. The van der Waals surface area contributed by atoms with Crippen molar-refractivity contribution in [2.75, 3.05) is 20.3 Å². The van der Waals surface area contributed by atoms with Crippen LogP contribution in [0.5, 0.6) is 0 Å². The molecular weight excluding hydrogens is 158 g/mol. The minimum absolute atomic E-state index is 0.0188. The summed E-state index contributed by atoms with van der Waals surface area (Å²) in [5.74, 6) is 0. The first-order chi connectivity index (χ1) is 5.61. The van der Waals surface area contributed by atoms with Crippen LogP contribution in [0.15, 0.2) is 0 Å². The van der Waals surface area contributed by atoms with E-state index in [-0.39, 0.29) is 18.7 Å². The Bertz CT molecular complexity index is 108. The molecule has 4 heteroatoms. The monoisotopic (exact) mass is 177 g/mol. The van der Waals surface area contributed by atoms with Crippen molar-refractivity contribution in [3.8, 4) is 0 Å². The number of hydrogen-bond acceptors (Lipinski definition) is 4. The quantitative estimate of drug-likeness (QED) is 0.504. The second-order valence-corrected chi connectivity index (χ2v) is 3.03. The molecule has 0 amide bonds. The van der Waals surface area contributed by atoms with E-state index in [0.717, 1.165) is 0 Å². The normalized spacial score (nSPS) is 18.8. The Morgan fingerprint density at radius 1 is 1.42 bits per heavy atom. The summed E-state index contributed by atoms with van der Waals surface area (Å²) in [6, 6.07) is -0.128. The third kappa shape index (κ3) is 4.66. The molecule has 0 saturated heterocycles. The number of aliphatic hydroxyl groups is 2. The van der Waals surface area contributed by atoms with Gasteiger partial charge >= 0.3 is 0 Å². The van der Waals surface area contributed by atoms with Gasteiger partial charge in [-0.05, 0) is 13.8 Å². The van der Waals surface area contributed by atoms with E-state index in [0.29, 0.717) is 6.61 Å². The van der Waals surface area contributed by atoms with Crippen LogP contribution in [-0.4, -0.2) is 48.7 Å². The molecule has 74 valence electrons. The molecule has 3 unspecified atom stereocenters. The number of nitrogens with one attached hydrogen (secondary N) is 1. The molecule has 0 aromatic carbocycles. The summed E-state index contributed by atoms with van der Waals surface area (Å²) in [6.45, 7) is 4.04. The van der Waals surface area contributed by atoms with Gasteiger partial charge in [-0.3, -0.25) is 0 Å². The Labute approximate surface area is 73.5 Å². The van der Waals surface area contributed by atoms with E-state index in [2.05, 4.69) is 5.32 Å². The maximum absolute atomic E-state index is 9.15. The van der Waals surface area contributed by atoms with Gasteiger partial charge in [-0.25, -0.2) is 0 Å². The first-order valence-electron chi connectivity index (χ1n) is 4.15. The molecule has 0 heterocycles. The van der Waals surface area contributed by atoms with Crippen LogP contribution in [0, 0.1) is 0 Å². The van der Waals surface area contributed by atoms with Gasteiger partial charge in [0.15, 0.2) is 0 Å². The fraction of sp³-hybridized carbons (Fsp3) is 1.00. The molecular formula is C8H19NO3. The van der Waals surface area contributed by atoms with Crippen LogP contribution in [0.2, 0.25) is 0 Å². The Morgan fingerprint density at radius 3 is 2.33 bits per heavy atom. The maximum atomic E-state index is 9.15. The van der Waals surface area contributed by atoms with Gasteiger partial charge in [-0.2, -0.15) is 0 Å². The summed E-state index contributed by atoms with van der Waals surface area (Å²) >= 11 is 0. The van der Waals surface area contributed by atoms with E-state index in [9.17, 15) is 0 Å². The highest BCUT2D eigenvalue weighted by Crippen LogP contribution is 1.93. The first kappa shape index (κ1) is 11.8. The molecule has 0 bridgehead atoms. The van der Waals surface area contributed by atoms with Crippen LogP contribution in [0.4, 0.5) is 0 Å². The molecule has 0 aromatic rings. The van der Waals surface area contributed by atoms with Gasteiger partial charge in [0.2, 0.25) is 0 Å². The molecule has 0 rings (SSSR count). The molecule has 0 saturated carbocycles. The fourth-order valence-corrected chi connectivity index (χ4v) is 0.866. The highest BCUT2D eigenvalue weighted by Gasteiger charge is 2.13. The van der Waals surface area contributed by atoms with Crippen molar-refractivity contribution in [1.82, 2.24) is 5.32 Å². The van der Waals surface area contributed by atoms with E-state index < -0.39 is 6.10 Å². The summed E-state index contributed by atoms with van der Waals surface area (Å²) in [6.07, 6.45) is -0.420. The molecule has 3 N–H and O–H groups in total. The lowest BCUT2D eigenvalue weighted by Gasteiger charge is -2.22. The zero-order chi connectivity index (χ0) is 9.56. The third-order valence-corrected chi connectivity index (χ3v) is 1.81. The second kappa shape index (κ2) is 6.37. The van der Waals surface area contributed by atoms with Crippen molar-refractivity contribution in [3.63, 3.8) is 0 Å². The Morgan fingerprint density at radius 2 is 2.00 bits per heavy atom. The van der Waals surface area contributed by atoms with E-state index in [1.807, 2.05) is 6.92 Å². The van der Waals surface area contributed by atoms with Crippen LogP contribution in [-0.2, 0) is 4.74 Å². The summed E-state index contributed by atoms with van der Waals surface area (Å²) < 4.78 is 4.87. The standard InChI is InChI=1S/C8H19NO3/c1-6(7(2)11)9-8(4-10)5-12-3/h6-11H,4-5H2,1-3H3. The van der Waals surface area contributed by atoms with Crippen LogP contribution in [0.25, 0.3) is 0 Å². The number of hydrogen-bond donors (Lipinski definition) is 3. The van der Waals surface area contributed by atoms with Crippen LogP contribution in [0.1, 0.15) is 13.8 Å². The zero-order valence-electron chi connectivity index (χ0n) is 7.95. The van der Waals surface area contributed by atoms with Gasteiger partial charge in [-0.15, -0.1) is 0 Å². The van der Waals surface area contributed by atoms with Crippen molar-refractivity contribution in [2.24, 2.45) is 0 Å². The van der Waals surface area contributed by atoms with Crippen molar-refractivity contribution < 1.29 is 14.9 Å². The SMILES string of the molecule is COCC(CO)NC(C)C(C)O. The van der Waals surface area contributed by atoms with Crippen molar-refractivity contribution in [1.29, 1.82) is 0 Å². The lowest BCUT2D eigenvalue weighted by molar-refractivity contribution is 0.0953.